The van der Waals surface area contributed by atoms with Crippen molar-refractivity contribution in [2.45, 2.75) is 6.92 Å². The number of hydrogen-bond acceptors (Lipinski definition) is 2. The first-order chi connectivity index (χ1) is 7.74. The SMILES string of the molecule is CCN(C(N)=O)N1CC=Cc2ccccc21. The fourth-order valence-electron chi connectivity index (χ4n) is 1.92. The van der Waals surface area contributed by atoms with E-state index in [1.165, 1.54) is 0 Å². The van der Waals surface area contributed by atoms with Gasteiger partial charge in [-0.05, 0) is 18.6 Å². The minimum atomic E-state index is -0.424. The normalized spacial score (nSPS) is 13.4. The van der Waals surface area contributed by atoms with Crippen LogP contribution in [0.5, 0.6) is 0 Å². The van der Waals surface area contributed by atoms with Gasteiger partial charge in [0, 0.05) is 6.54 Å². The van der Waals surface area contributed by atoms with Gasteiger partial charge in [-0.2, -0.15) is 0 Å². The monoisotopic (exact) mass is 217 g/mol. The minimum absolute atomic E-state index is 0.424. The van der Waals surface area contributed by atoms with Gasteiger partial charge in [0.05, 0.1) is 12.2 Å². The van der Waals surface area contributed by atoms with Crippen molar-refractivity contribution in [1.29, 1.82) is 0 Å². The van der Waals surface area contributed by atoms with Crippen LogP contribution in [0.3, 0.4) is 0 Å². The number of nitrogens with zero attached hydrogens (tertiary/aromatic N) is 2. The molecule has 1 aromatic rings. The van der Waals surface area contributed by atoms with Crippen LogP contribution in [0.15, 0.2) is 30.3 Å². The summed E-state index contributed by atoms with van der Waals surface area (Å²) in [5.74, 6) is 0. The summed E-state index contributed by atoms with van der Waals surface area (Å²) >= 11 is 0. The number of urea groups is 1. The molecule has 4 nitrogen and oxygen atoms in total. The second kappa shape index (κ2) is 4.26. The van der Waals surface area contributed by atoms with Crippen LogP contribution >= 0.6 is 0 Å². The quantitative estimate of drug-likeness (QED) is 0.821. The maximum Gasteiger partial charge on any atom is 0.333 e. The number of carbonyl (C=O) groups excluding carboxylic acids is 1. The Balaban J connectivity index is 2.37. The summed E-state index contributed by atoms with van der Waals surface area (Å²) in [6.07, 6.45) is 4.08. The number of rotatable bonds is 2. The minimum Gasteiger partial charge on any atom is -0.350 e. The third-order valence-electron chi connectivity index (χ3n) is 2.64. The number of hydrogen-bond donors (Lipinski definition) is 1. The van der Waals surface area contributed by atoms with Crippen LogP contribution < -0.4 is 10.7 Å². The summed E-state index contributed by atoms with van der Waals surface area (Å²) in [5.41, 5.74) is 7.48. The van der Waals surface area contributed by atoms with E-state index < -0.39 is 6.03 Å². The summed E-state index contributed by atoms with van der Waals surface area (Å²) in [6, 6.07) is 7.53. The molecule has 0 fully saturated rings. The number of fused-ring (bicyclic) bond motifs is 1. The lowest BCUT2D eigenvalue weighted by Crippen LogP contribution is -2.50. The van der Waals surface area contributed by atoms with E-state index in [4.69, 9.17) is 5.73 Å². The molecule has 4 heteroatoms. The smallest absolute Gasteiger partial charge is 0.333 e. The zero-order valence-electron chi connectivity index (χ0n) is 9.26. The van der Waals surface area contributed by atoms with Crippen molar-refractivity contribution >= 4 is 17.8 Å². The molecule has 0 atom stereocenters. The lowest BCUT2D eigenvalue weighted by Gasteiger charge is -2.36. The number of para-hydroxylation sites is 1. The van der Waals surface area contributed by atoms with E-state index in [9.17, 15) is 4.79 Å². The molecule has 0 bridgehead atoms. The van der Waals surface area contributed by atoms with Gasteiger partial charge in [-0.3, -0.25) is 5.01 Å². The van der Waals surface area contributed by atoms with Crippen molar-refractivity contribution in [3.63, 3.8) is 0 Å². The predicted molar refractivity (Wildman–Crippen MR) is 64.8 cm³/mol. The van der Waals surface area contributed by atoms with Crippen LogP contribution in [0.2, 0.25) is 0 Å². The third-order valence-corrected chi connectivity index (χ3v) is 2.64. The molecule has 1 aliphatic rings. The van der Waals surface area contributed by atoms with Crippen LogP contribution in [0.25, 0.3) is 6.08 Å². The highest BCUT2D eigenvalue weighted by Gasteiger charge is 2.20. The Morgan fingerprint density at radius 2 is 2.25 bits per heavy atom. The van der Waals surface area contributed by atoms with Gasteiger partial charge < -0.3 is 5.73 Å². The van der Waals surface area contributed by atoms with Crippen LogP contribution in [0, 0.1) is 0 Å². The molecule has 1 aliphatic heterocycles. The summed E-state index contributed by atoms with van der Waals surface area (Å²) in [6.45, 7) is 3.15. The van der Waals surface area contributed by atoms with E-state index in [2.05, 4.69) is 6.08 Å². The van der Waals surface area contributed by atoms with Gasteiger partial charge in [0.25, 0.3) is 0 Å². The Kier molecular flexibility index (Phi) is 2.81. The van der Waals surface area contributed by atoms with Crippen LogP contribution in [0.4, 0.5) is 10.5 Å². The van der Waals surface area contributed by atoms with Crippen molar-refractivity contribution in [3.05, 3.63) is 35.9 Å². The van der Waals surface area contributed by atoms with Gasteiger partial charge in [0.2, 0.25) is 0 Å². The average Bonchev–Trinajstić information content (AvgIpc) is 2.30. The molecule has 0 unspecified atom stereocenters. The molecule has 0 aliphatic carbocycles. The summed E-state index contributed by atoms with van der Waals surface area (Å²) in [5, 5.41) is 3.44. The molecule has 0 aromatic heterocycles. The van der Waals surface area contributed by atoms with Crippen LogP contribution in [-0.2, 0) is 0 Å². The van der Waals surface area contributed by atoms with Crippen molar-refractivity contribution < 1.29 is 4.79 Å². The number of anilines is 1. The molecule has 2 rings (SSSR count). The number of amides is 2. The topological polar surface area (TPSA) is 49.6 Å². The van der Waals surface area contributed by atoms with Gasteiger partial charge in [0.1, 0.15) is 0 Å². The molecule has 0 radical (unpaired) electrons. The molecular weight excluding hydrogens is 202 g/mol. The first kappa shape index (κ1) is 10.5. The van der Waals surface area contributed by atoms with Crippen molar-refractivity contribution in [2.24, 2.45) is 5.73 Å². The Labute approximate surface area is 94.9 Å². The number of carbonyl (C=O) groups is 1. The van der Waals surface area contributed by atoms with Crippen LogP contribution in [0.1, 0.15) is 12.5 Å². The van der Waals surface area contributed by atoms with E-state index in [1.807, 2.05) is 42.3 Å². The van der Waals surface area contributed by atoms with Gasteiger partial charge in [-0.25, -0.2) is 9.80 Å². The fourth-order valence-corrected chi connectivity index (χ4v) is 1.92. The Hall–Kier alpha value is -1.97. The first-order valence-electron chi connectivity index (χ1n) is 5.34. The van der Waals surface area contributed by atoms with Crippen molar-refractivity contribution in [3.8, 4) is 0 Å². The number of hydrazine groups is 1. The molecular formula is C12H15N3O. The molecule has 84 valence electrons. The standard InChI is InChI=1S/C12H15N3O/c1-2-14(12(13)16)15-9-5-7-10-6-3-4-8-11(10)15/h3-8H,2,9H2,1H3,(H2,13,16). The fraction of sp³-hybridized carbons (Fsp3) is 0.250. The van der Waals surface area contributed by atoms with Crippen molar-refractivity contribution in [1.82, 2.24) is 5.01 Å². The maximum atomic E-state index is 11.3. The molecule has 2 amide bonds. The Morgan fingerprint density at radius 3 is 2.94 bits per heavy atom. The van der Waals surface area contributed by atoms with Gasteiger partial charge >= 0.3 is 6.03 Å². The summed E-state index contributed by atoms with van der Waals surface area (Å²) in [4.78, 5) is 11.3. The Bertz CT molecular complexity index is 428. The zero-order chi connectivity index (χ0) is 11.5. The molecule has 16 heavy (non-hydrogen) atoms. The van der Waals surface area contributed by atoms with E-state index in [-0.39, 0.29) is 0 Å². The maximum absolute atomic E-state index is 11.3. The summed E-state index contributed by atoms with van der Waals surface area (Å²) < 4.78 is 0. The molecule has 0 saturated heterocycles. The van der Waals surface area contributed by atoms with Gasteiger partial charge in [-0.15, -0.1) is 0 Å². The second-order valence-corrected chi connectivity index (χ2v) is 3.60. The number of nitrogens with two attached hydrogens (primary N) is 1. The van der Waals surface area contributed by atoms with Gasteiger partial charge in [0.15, 0.2) is 0 Å². The first-order valence-corrected chi connectivity index (χ1v) is 5.34. The highest BCUT2D eigenvalue weighted by molar-refractivity contribution is 5.78. The van der Waals surface area contributed by atoms with Gasteiger partial charge in [-0.1, -0.05) is 30.4 Å². The molecule has 2 N–H and O–H groups in total. The Morgan fingerprint density at radius 1 is 1.50 bits per heavy atom. The largest absolute Gasteiger partial charge is 0.350 e. The average molecular weight is 217 g/mol. The molecule has 0 saturated carbocycles. The lowest BCUT2D eigenvalue weighted by atomic mass is 10.1. The second-order valence-electron chi connectivity index (χ2n) is 3.60. The number of primary amides is 1. The summed E-state index contributed by atoms with van der Waals surface area (Å²) in [7, 11) is 0. The number of benzene rings is 1. The molecule has 0 spiro atoms. The van der Waals surface area contributed by atoms with Crippen LogP contribution in [-0.4, -0.2) is 24.1 Å². The van der Waals surface area contributed by atoms with E-state index in [0.29, 0.717) is 13.1 Å². The zero-order valence-corrected chi connectivity index (χ0v) is 9.26. The highest BCUT2D eigenvalue weighted by atomic mass is 16.2. The van der Waals surface area contributed by atoms with E-state index >= 15 is 0 Å². The predicted octanol–water partition coefficient (Wildman–Crippen LogP) is 1.84. The van der Waals surface area contributed by atoms with E-state index in [1.54, 1.807) is 5.01 Å². The van der Waals surface area contributed by atoms with Crippen molar-refractivity contribution in [2.75, 3.05) is 18.1 Å². The molecule has 1 aromatic carbocycles. The molecule has 1 heterocycles. The van der Waals surface area contributed by atoms with E-state index in [0.717, 1.165) is 11.3 Å². The lowest BCUT2D eigenvalue weighted by molar-refractivity contribution is 0.206. The highest BCUT2D eigenvalue weighted by Crippen LogP contribution is 2.26. The third kappa shape index (κ3) is 1.74.